The number of halogens is 1. The molecule has 1 atom stereocenters. The highest BCUT2D eigenvalue weighted by molar-refractivity contribution is 5.48. The fraction of sp³-hybridized carbons (Fsp3) is 0.538. The summed E-state index contributed by atoms with van der Waals surface area (Å²) in [6.07, 6.45) is 2.31. The van der Waals surface area contributed by atoms with Gasteiger partial charge in [0.1, 0.15) is 12.4 Å². The summed E-state index contributed by atoms with van der Waals surface area (Å²) in [6, 6.07) is 7.11. The van der Waals surface area contributed by atoms with Crippen molar-refractivity contribution >= 4 is 5.69 Å². The predicted octanol–water partition coefficient (Wildman–Crippen LogP) is 2.05. The summed E-state index contributed by atoms with van der Waals surface area (Å²) in [5.74, 6) is 0.264. The summed E-state index contributed by atoms with van der Waals surface area (Å²) in [7, 11) is 0. The van der Waals surface area contributed by atoms with Crippen LogP contribution in [-0.4, -0.2) is 30.4 Å². The first-order valence-corrected chi connectivity index (χ1v) is 6.02. The molecule has 3 N–H and O–H groups in total. The van der Waals surface area contributed by atoms with E-state index in [1.54, 1.807) is 12.1 Å². The Morgan fingerprint density at radius 2 is 1.94 bits per heavy atom. The van der Waals surface area contributed by atoms with Crippen molar-refractivity contribution < 1.29 is 9.50 Å². The lowest BCUT2D eigenvalue weighted by Gasteiger charge is -2.25. The van der Waals surface area contributed by atoms with Crippen LogP contribution in [0.1, 0.15) is 19.3 Å². The Balaban J connectivity index is 2.06. The molecule has 0 aliphatic carbocycles. The second-order valence-corrected chi connectivity index (χ2v) is 4.85. The van der Waals surface area contributed by atoms with Gasteiger partial charge in [-0.1, -0.05) is 0 Å². The Labute approximate surface area is 101 Å². The summed E-state index contributed by atoms with van der Waals surface area (Å²) in [6.45, 7) is 1.21. The molecule has 2 rings (SSSR count). The number of phenolic OH excluding ortho intramolecular Hbond substituents is 1. The van der Waals surface area contributed by atoms with E-state index >= 15 is 0 Å². The number of phenols is 1. The minimum atomic E-state index is -0.647. The molecule has 4 heteroatoms. The zero-order chi connectivity index (χ0) is 12.3. The van der Waals surface area contributed by atoms with Gasteiger partial charge in [-0.2, -0.15) is 0 Å². The Morgan fingerprint density at radius 1 is 1.24 bits per heavy atom. The smallest absolute Gasteiger partial charge is 0.115 e. The third kappa shape index (κ3) is 2.88. The molecule has 1 aromatic rings. The van der Waals surface area contributed by atoms with Crippen LogP contribution in [0, 0.1) is 0 Å². The second kappa shape index (κ2) is 4.92. The van der Waals surface area contributed by atoms with E-state index in [-0.39, 0.29) is 5.75 Å². The minimum Gasteiger partial charge on any atom is -0.508 e. The number of alkyl halides is 1. The Hall–Kier alpha value is -1.29. The van der Waals surface area contributed by atoms with E-state index < -0.39 is 12.2 Å². The number of nitrogens with zero attached hydrogens (tertiary/aromatic N) is 1. The van der Waals surface area contributed by atoms with Gasteiger partial charge in [0.05, 0.1) is 0 Å². The number of benzene rings is 1. The molecule has 1 saturated heterocycles. The topological polar surface area (TPSA) is 49.5 Å². The van der Waals surface area contributed by atoms with Crippen LogP contribution in [0.5, 0.6) is 5.75 Å². The Morgan fingerprint density at radius 3 is 2.59 bits per heavy atom. The van der Waals surface area contributed by atoms with Crippen LogP contribution in [0.15, 0.2) is 24.3 Å². The molecular formula is C13H19FN2O. The third-order valence-electron chi connectivity index (χ3n) is 3.46. The molecule has 1 aliphatic rings. The number of nitrogens with two attached hydrogens (primary N) is 1. The minimum absolute atomic E-state index is 0.264. The van der Waals surface area contributed by atoms with Crippen LogP contribution >= 0.6 is 0 Å². The molecule has 0 aromatic heterocycles. The molecule has 94 valence electrons. The van der Waals surface area contributed by atoms with Crippen molar-refractivity contribution in [1.82, 2.24) is 0 Å². The van der Waals surface area contributed by atoms with Gasteiger partial charge in [0.2, 0.25) is 0 Å². The van der Waals surface area contributed by atoms with Crippen LogP contribution in [0.2, 0.25) is 0 Å². The van der Waals surface area contributed by atoms with E-state index in [4.69, 9.17) is 5.73 Å². The zero-order valence-electron chi connectivity index (χ0n) is 9.90. The average Bonchev–Trinajstić information content (AvgIpc) is 2.53. The summed E-state index contributed by atoms with van der Waals surface area (Å²) in [5, 5.41) is 9.24. The fourth-order valence-corrected chi connectivity index (χ4v) is 2.27. The van der Waals surface area contributed by atoms with Gasteiger partial charge in [-0.25, -0.2) is 4.39 Å². The predicted molar refractivity (Wildman–Crippen MR) is 67.1 cm³/mol. The molecule has 0 radical (unpaired) electrons. The molecular weight excluding hydrogens is 219 g/mol. The normalized spacial score (nSPS) is 25.6. The summed E-state index contributed by atoms with van der Waals surface area (Å²) in [4.78, 5) is 2.20. The quantitative estimate of drug-likeness (QED) is 0.829. The molecule has 3 nitrogen and oxygen atoms in total. The van der Waals surface area contributed by atoms with Crippen LogP contribution in [-0.2, 0) is 0 Å². The third-order valence-corrected chi connectivity index (χ3v) is 3.46. The van der Waals surface area contributed by atoms with Gasteiger partial charge < -0.3 is 15.7 Å². The SMILES string of the molecule is NC1(CF)CCCN(c2ccc(O)cc2)CC1. The van der Waals surface area contributed by atoms with Crippen LogP contribution in [0.25, 0.3) is 0 Å². The number of rotatable bonds is 2. The first-order valence-electron chi connectivity index (χ1n) is 6.02. The molecule has 0 saturated carbocycles. The van der Waals surface area contributed by atoms with E-state index in [0.717, 1.165) is 31.6 Å². The van der Waals surface area contributed by atoms with Gasteiger partial charge in [0.15, 0.2) is 0 Å². The molecule has 0 bridgehead atoms. The van der Waals surface area contributed by atoms with Crippen molar-refractivity contribution in [1.29, 1.82) is 0 Å². The largest absolute Gasteiger partial charge is 0.508 e. The molecule has 17 heavy (non-hydrogen) atoms. The van der Waals surface area contributed by atoms with Gasteiger partial charge in [-0.3, -0.25) is 0 Å². The number of hydrogen-bond donors (Lipinski definition) is 2. The molecule has 1 aliphatic heterocycles. The molecule has 1 aromatic carbocycles. The Kier molecular flexibility index (Phi) is 3.52. The van der Waals surface area contributed by atoms with E-state index in [1.165, 1.54) is 0 Å². The standard InChI is InChI=1S/C13H19FN2O/c14-10-13(15)6-1-8-16(9-7-13)11-2-4-12(17)5-3-11/h2-5,17H,1,6-10,15H2. The molecule has 0 spiro atoms. The molecule has 1 fully saturated rings. The van der Waals surface area contributed by atoms with Crippen molar-refractivity contribution in [3.63, 3.8) is 0 Å². The monoisotopic (exact) mass is 238 g/mol. The zero-order valence-corrected chi connectivity index (χ0v) is 9.90. The summed E-state index contributed by atoms with van der Waals surface area (Å²) in [5.41, 5.74) is 6.39. The van der Waals surface area contributed by atoms with Crippen molar-refractivity contribution in [2.75, 3.05) is 24.7 Å². The maximum Gasteiger partial charge on any atom is 0.115 e. The maximum absolute atomic E-state index is 12.8. The fourth-order valence-electron chi connectivity index (χ4n) is 2.27. The first-order chi connectivity index (χ1) is 8.13. The molecule has 0 amide bonds. The molecule has 1 unspecified atom stereocenters. The highest BCUT2D eigenvalue weighted by Crippen LogP contribution is 2.25. The lowest BCUT2D eigenvalue weighted by molar-refractivity contribution is 0.282. The van der Waals surface area contributed by atoms with E-state index in [9.17, 15) is 9.50 Å². The first kappa shape index (κ1) is 12.2. The van der Waals surface area contributed by atoms with Gasteiger partial charge in [0.25, 0.3) is 0 Å². The van der Waals surface area contributed by atoms with Crippen molar-refractivity contribution in [2.24, 2.45) is 5.73 Å². The number of anilines is 1. The van der Waals surface area contributed by atoms with Crippen LogP contribution < -0.4 is 10.6 Å². The highest BCUT2D eigenvalue weighted by atomic mass is 19.1. The van der Waals surface area contributed by atoms with Crippen molar-refractivity contribution in [3.8, 4) is 5.75 Å². The van der Waals surface area contributed by atoms with Gasteiger partial charge >= 0.3 is 0 Å². The highest BCUT2D eigenvalue weighted by Gasteiger charge is 2.28. The van der Waals surface area contributed by atoms with Crippen LogP contribution in [0.3, 0.4) is 0 Å². The van der Waals surface area contributed by atoms with Crippen molar-refractivity contribution in [3.05, 3.63) is 24.3 Å². The maximum atomic E-state index is 12.8. The van der Waals surface area contributed by atoms with Crippen LogP contribution in [0.4, 0.5) is 10.1 Å². The average molecular weight is 238 g/mol. The second-order valence-electron chi connectivity index (χ2n) is 4.85. The van der Waals surface area contributed by atoms with E-state index in [1.807, 2.05) is 12.1 Å². The number of hydrogen-bond acceptors (Lipinski definition) is 3. The lowest BCUT2D eigenvalue weighted by atomic mass is 9.94. The van der Waals surface area contributed by atoms with Crippen molar-refractivity contribution in [2.45, 2.75) is 24.8 Å². The van der Waals surface area contributed by atoms with Gasteiger partial charge in [-0.05, 0) is 43.5 Å². The Bertz CT molecular complexity index is 368. The van der Waals surface area contributed by atoms with Gasteiger partial charge in [0, 0.05) is 24.3 Å². The summed E-state index contributed by atoms with van der Waals surface area (Å²) < 4.78 is 12.8. The summed E-state index contributed by atoms with van der Waals surface area (Å²) >= 11 is 0. The van der Waals surface area contributed by atoms with Gasteiger partial charge in [-0.15, -0.1) is 0 Å². The molecule has 1 heterocycles. The lowest BCUT2D eigenvalue weighted by Crippen LogP contribution is -2.43. The van der Waals surface area contributed by atoms with E-state index in [2.05, 4.69) is 4.90 Å². The number of aromatic hydroxyl groups is 1. The van der Waals surface area contributed by atoms with E-state index in [0.29, 0.717) is 6.42 Å².